The van der Waals surface area contributed by atoms with E-state index in [1.54, 1.807) is 6.07 Å². The molecule has 0 amide bonds. The van der Waals surface area contributed by atoms with Crippen LogP contribution in [0, 0.1) is 0 Å². The van der Waals surface area contributed by atoms with E-state index in [1.165, 1.54) is 5.56 Å². The molecule has 0 saturated carbocycles. The largest absolute Gasteiger partial charge is 0.457 e. The Bertz CT molecular complexity index is 1140. The van der Waals surface area contributed by atoms with Crippen LogP contribution >= 0.6 is 0 Å². The first-order chi connectivity index (χ1) is 13.1. The average Bonchev–Trinajstić information content (AvgIpc) is 2.69. The van der Waals surface area contributed by atoms with E-state index in [9.17, 15) is 4.79 Å². The Hall–Kier alpha value is -3.40. The second-order valence-corrected chi connectivity index (χ2v) is 6.75. The summed E-state index contributed by atoms with van der Waals surface area (Å²) in [7, 11) is 0. The van der Waals surface area contributed by atoms with Gasteiger partial charge in [-0.15, -0.1) is 0 Å². The van der Waals surface area contributed by atoms with Gasteiger partial charge in [0, 0.05) is 0 Å². The maximum absolute atomic E-state index is 12.4. The average molecular weight is 356 g/mol. The number of ether oxygens (including phenoxy) is 1. The van der Waals surface area contributed by atoms with Crippen LogP contribution in [-0.2, 0) is 0 Å². The van der Waals surface area contributed by atoms with Gasteiger partial charge in [0.1, 0.15) is 17.3 Å². The highest BCUT2D eigenvalue weighted by Crippen LogP contribution is 2.32. The van der Waals surface area contributed by atoms with Crippen molar-refractivity contribution in [2.45, 2.75) is 19.8 Å². The lowest BCUT2D eigenvalue weighted by atomic mass is 10.0. The van der Waals surface area contributed by atoms with Crippen molar-refractivity contribution >= 4 is 10.9 Å². The maximum atomic E-state index is 12.4. The normalized spacial score (nSPS) is 11.1. The van der Waals surface area contributed by atoms with Gasteiger partial charge < -0.3 is 9.72 Å². The van der Waals surface area contributed by atoms with Crippen molar-refractivity contribution in [1.29, 1.82) is 0 Å². The van der Waals surface area contributed by atoms with Gasteiger partial charge in [0.25, 0.3) is 5.56 Å². The van der Waals surface area contributed by atoms with Crippen LogP contribution in [0.2, 0.25) is 0 Å². The fourth-order valence-corrected chi connectivity index (χ4v) is 3.01. The number of para-hydroxylation sites is 2. The Kier molecular flexibility index (Phi) is 4.47. The highest BCUT2D eigenvalue weighted by atomic mass is 16.5. The van der Waals surface area contributed by atoms with Crippen molar-refractivity contribution in [2.24, 2.45) is 0 Å². The molecule has 4 rings (SSSR count). The van der Waals surface area contributed by atoms with E-state index in [0.717, 1.165) is 11.3 Å². The number of nitrogens with zero attached hydrogens (tertiary/aromatic N) is 1. The standard InChI is InChI=1S/C23H20N2O2/c1-15(2)16-11-13-17(14-12-16)27-21-10-6-4-8-19(21)22-24-20-9-5-3-7-18(20)23(26)25-22/h3-15H,1-2H3,(H,24,25,26). The number of nitrogens with one attached hydrogen (secondary N) is 1. The van der Waals surface area contributed by atoms with Crippen molar-refractivity contribution in [2.75, 3.05) is 0 Å². The minimum absolute atomic E-state index is 0.160. The van der Waals surface area contributed by atoms with E-state index in [0.29, 0.717) is 28.4 Å². The first kappa shape index (κ1) is 17.0. The molecule has 3 aromatic carbocycles. The third-order valence-electron chi connectivity index (χ3n) is 4.53. The topological polar surface area (TPSA) is 55.0 Å². The number of aromatic nitrogens is 2. The zero-order chi connectivity index (χ0) is 18.8. The summed E-state index contributed by atoms with van der Waals surface area (Å²) in [5, 5.41) is 0.573. The molecule has 0 radical (unpaired) electrons. The molecule has 0 bridgehead atoms. The third kappa shape index (κ3) is 3.47. The highest BCUT2D eigenvalue weighted by Gasteiger charge is 2.11. The summed E-state index contributed by atoms with van der Waals surface area (Å²) in [6.45, 7) is 4.32. The summed E-state index contributed by atoms with van der Waals surface area (Å²) in [4.78, 5) is 19.9. The summed E-state index contributed by atoms with van der Waals surface area (Å²) in [5.74, 6) is 2.36. The lowest BCUT2D eigenvalue weighted by Gasteiger charge is -2.12. The van der Waals surface area contributed by atoms with Crippen molar-refractivity contribution in [3.8, 4) is 22.9 Å². The number of benzene rings is 3. The highest BCUT2D eigenvalue weighted by molar-refractivity contribution is 5.80. The molecule has 4 aromatic rings. The van der Waals surface area contributed by atoms with Crippen molar-refractivity contribution < 1.29 is 4.74 Å². The molecule has 0 saturated heterocycles. The molecule has 4 nitrogen and oxygen atoms in total. The van der Waals surface area contributed by atoms with Gasteiger partial charge in [0.2, 0.25) is 0 Å². The summed E-state index contributed by atoms with van der Waals surface area (Å²) in [6, 6.07) is 22.9. The molecule has 27 heavy (non-hydrogen) atoms. The van der Waals surface area contributed by atoms with E-state index < -0.39 is 0 Å². The molecule has 1 aromatic heterocycles. The van der Waals surface area contributed by atoms with Crippen molar-refractivity contribution in [3.63, 3.8) is 0 Å². The number of fused-ring (bicyclic) bond motifs is 1. The number of hydrogen-bond acceptors (Lipinski definition) is 3. The Balaban J connectivity index is 1.74. The number of hydrogen-bond donors (Lipinski definition) is 1. The minimum atomic E-state index is -0.160. The number of rotatable bonds is 4. The first-order valence-electron chi connectivity index (χ1n) is 8.98. The monoisotopic (exact) mass is 356 g/mol. The Labute approximate surface area is 157 Å². The van der Waals surface area contributed by atoms with Crippen LogP contribution in [0.5, 0.6) is 11.5 Å². The number of H-pyrrole nitrogens is 1. The molecule has 4 heteroatoms. The van der Waals surface area contributed by atoms with E-state index >= 15 is 0 Å². The molecule has 1 heterocycles. The fourth-order valence-electron chi connectivity index (χ4n) is 3.01. The van der Waals surface area contributed by atoms with Gasteiger partial charge in [-0.25, -0.2) is 4.98 Å². The van der Waals surface area contributed by atoms with Crippen LogP contribution in [0.3, 0.4) is 0 Å². The Morgan fingerprint density at radius 3 is 2.37 bits per heavy atom. The molecular formula is C23H20N2O2. The molecule has 134 valence electrons. The predicted octanol–water partition coefficient (Wildman–Crippen LogP) is 5.51. The number of aromatic amines is 1. The molecule has 0 fully saturated rings. The van der Waals surface area contributed by atoms with Gasteiger partial charge in [-0.2, -0.15) is 0 Å². The smallest absolute Gasteiger partial charge is 0.259 e. The van der Waals surface area contributed by atoms with Crippen LogP contribution in [0.25, 0.3) is 22.3 Å². The molecule has 0 unspecified atom stereocenters. The quantitative estimate of drug-likeness (QED) is 0.525. The second-order valence-electron chi connectivity index (χ2n) is 6.75. The van der Waals surface area contributed by atoms with Gasteiger partial charge in [-0.1, -0.05) is 50.2 Å². The Morgan fingerprint density at radius 1 is 0.889 bits per heavy atom. The molecule has 0 spiro atoms. The molecule has 1 N–H and O–H groups in total. The molecule has 0 aliphatic rings. The van der Waals surface area contributed by atoms with Gasteiger partial charge >= 0.3 is 0 Å². The lowest BCUT2D eigenvalue weighted by molar-refractivity contribution is 0.483. The van der Waals surface area contributed by atoms with E-state index in [1.807, 2.05) is 54.6 Å². The van der Waals surface area contributed by atoms with E-state index in [-0.39, 0.29) is 5.56 Å². The predicted molar refractivity (Wildman–Crippen MR) is 108 cm³/mol. The van der Waals surface area contributed by atoms with Gasteiger partial charge in [-0.05, 0) is 47.9 Å². The van der Waals surface area contributed by atoms with Gasteiger partial charge in [-0.3, -0.25) is 4.79 Å². The van der Waals surface area contributed by atoms with Gasteiger partial charge in [0.15, 0.2) is 0 Å². The molecular weight excluding hydrogens is 336 g/mol. The zero-order valence-electron chi connectivity index (χ0n) is 15.3. The SMILES string of the molecule is CC(C)c1ccc(Oc2ccccc2-c2nc3ccccc3c(=O)[nH]2)cc1. The van der Waals surface area contributed by atoms with Crippen LogP contribution in [-0.4, -0.2) is 9.97 Å². The van der Waals surface area contributed by atoms with Crippen LogP contribution in [0.15, 0.2) is 77.6 Å². The summed E-state index contributed by atoms with van der Waals surface area (Å²) >= 11 is 0. The van der Waals surface area contributed by atoms with Crippen LogP contribution in [0.1, 0.15) is 25.3 Å². The summed E-state index contributed by atoms with van der Waals surface area (Å²) in [6.07, 6.45) is 0. The molecule has 0 aliphatic carbocycles. The first-order valence-corrected chi connectivity index (χ1v) is 8.98. The Morgan fingerprint density at radius 2 is 1.59 bits per heavy atom. The molecule has 0 aliphatic heterocycles. The minimum Gasteiger partial charge on any atom is -0.457 e. The van der Waals surface area contributed by atoms with E-state index in [4.69, 9.17) is 4.74 Å². The van der Waals surface area contributed by atoms with Crippen molar-refractivity contribution in [3.05, 3.63) is 88.7 Å². The second kappa shape index (κ2) is 7.08. The summed E-state index contributed by atoms with van der Waals surface area (Å²) in [5.41, 5.74) is 2.50. The lowest BCUT2D eigenvalue weighted by Crippen LogP contribution is -2.09. The van der Waals surface area contributed by atoms with E-state index in [2.05, 4.69) is 35.9 Å². The van der Waals surface area contributed by atoms with Crippen LogP contribution in [0.4, 0.5) is 0 Å². The van der Waals surface area contributed by atoms with Crippen LogP contribution < -0.4 is 10.3 Å². The summed E-state index contributed by atoms with van der Waals surface area (Å²) < 4.78 is 6.09. The van der Waals surface area contributed by atoms with Crippen molar-refractivity contribution in [1.82, 2.24) is 9.97 Å². The van der Waals surface area contributed by atoms with Gasteiger partial charge in [0.05, 0.1) is 16.5 Å². The molecule has 0 atom stereocenters. The maximum Gasteiger partial charge on any atom is 0.259 e. The zero-order valence-corrected chi connectivity index (χ0v) is 15.3. The third-order valence-corrected chi connectivity index (χ3v) is 4.53. The fraction of sp³-hybridized carbons (Fsp3) is 0.130.